The maximum absolute atomic E-state index is 13.3. The van der Waals surface area contributed by atoms with E-state index in [4.69, 9.17) is 5.73 Å². The molecule has 0 aliphatic carbocycles. The van der Waals surface area contributed by atoms with Crippen LogP contribution in [-0.2, 0) is 19.9 Å². The van der Waals surface area contributed by atoms with Crippen molar-refractivity contribution in [2.75, 3.05) is 17.2 Å². The first-order chi connectivity index (χ1) is 9.44. The molecule has 1 aromatic carbocycles. The summed E-state index contributed by atoms with van der Waals surface area (Å²) in [4.78, 5) is -0.230. The van der Waals surface area contributed by atoms with E-state index >= 15 is 0 Å². The van der Waals surface area contributed by atoms with Crippen LogP contribution in [0.25, 0.3) is 0 Å². The summed E-state index contributed by atoms with van der Waals surface area (Å²) in [5.74, 6) is -1.08. The zero-order valence-electron chi connectivity index (χ0n) is 11.1. The minimum atomic E-state index is -4.03. The fraction of sp³-hybridized carbons (Fsp3) is 0.455. The van der Waals surface area contributed by atoms with E-state index in [1.165, 1.54) is 6.92 Å². The first-order valence-electron chi connectivity index (χ1n) is 5.93. The Hall–Kier alpha value is -0.710. The molecule has 1 aromatic rings. The van der Waals surface area contributed by atoms with Crippen LogP contribution in [0.1, 0.15) is 13.3 Å². The molecule has 0 spiro atoms. The third-order valence-electron chi connectivity index (χ3n) is 3.22. The van der Waals surface area contributed by atoms with E-state index < -0.39 is 31.2 Å². The van der Waals surface area contributed by atoms with Gasteiger partial charge in [-0.3, -0.25) is 0 Å². The van der Waals surface area contributed by atoms with Gasteiger partial charge in [0, 0.05) is 10.0 Å². The van der Waals surface area contributed by atoms with Crippen molar-refractivity contribution in [1.82, 2.24) is 4.72 Å². The van der Waals surface area contributed by atoms with Gasteiger partial charge >= 0.3 is 0 Å². The normalized spacial score (nSPS) is 25.1. The van der Waals surface area contributed by atoms with Crippen LogP contribution in [-0.4, -0.2) is 33.9 Å². The van der Waals surface area contributed by atoms with Crippen molar-refractivity contribution in [3.8, 4) is 0 Å². The molecular formula is C11H14BrFN2O4S2. The van der Waals surface area contributed by atoms with Gasteiger partial charge in [0.05, 0.1) is 22.1 Å². The molecule has 118 valence electrons. The largest absolute Gasteiger partial charge is 0.396 e. The lowest BCUT2D eigenvalue weighted by Crippen LogP contribution is -2.46. The van der Waals surface area contributed by atoms with Crippen molar-refractivity contribution in [3.63, 3.8) is 0 Å². The Balaban J connectivity index is 2.38. The predicted octanol–water partition coefficient (Wildman–Crippen LogP) is 1.03. The number of hydrogen-bond acceptors (Lipinski definition) is 5. The highest BCUT2D eigenvalue weighted by Gasteiger charge is 2.41. The van der Waals surface area contributed by atoms with Gasteiger partial charge in [-0.15, -0.1) is 0 Å². The molecule has 2 rings (SSSR count). The fourth-order valence-electron chi connectivity index (χ4n) is 2.22. The lowest BCUT2D eigenvalue weighted by molar-refractivity contribution is 0.461. The molecule has 1 aliphatic heterocycles. The van der Waals surface area contributed by atoms with E-state index in [1.807, 2.05) is 0 Å². The highest BCUT2D eigenvalue weighted by Crippen LogP contribution is 2.30. The minimum absolute atomic E-state index is 0.0196. The van der Waals surface area contributed by atoms with E-state index in [2.05, 4.69) is 20.7 Å². The first kappa shape index (κ1) is 16.7. The zero-order valence-corrected chi connectivity index (χ0v) is 14.3. The molecule has 0 amide bonds. The Morgan fingerprint density at radius 2 is 2.05 bits per heavy atom. The Labute approximate surface area is 131 Å². The lowest BCUT2D eigenvalue weighted by atomic mass is 10.0. The molecule has 6 nitrogen and oxygen atoms in total. The highest BCUT2D eigenvalue weighted by atomic mass is 79.9. The van der Waals surface area contributed by atoms with Crippen LogP contribution >= 0.6 is 15.9 Å². The van der Waals surface area contributed by atoms with Gasteiger partial charge < -0.3 is 5.73 Å². The number of nitrogens with two attached hydrogens (primary N) is 1. The number of nitrogens with one attached hydrogen (secondary N) is 1. The van der Waals surface area contributed by atoms with Gasteiger partial charge in [-0.1, -0.05) is 0 Å². The van der Waals surface area contributed by atoms with Crippen LogP contribution in [0.4, 0.5) is 10.1 Å². The summed E-state index contributed by atoms with van der Waals surface area (Å²) in [6, 6.07) is 1.95. The fourth-order valence-corrected chi connectivity index (χ4v) is 6.89. The number of anilines is 1. The van der Waals surface area contributed by atoms with Gasteiger partial charge in [0.2, 0.25) is 10.0 Å². The van der Waals surface area contributed by atoms with Crippen molar-refractivity contribution >= 4 is 41.5 Å². The molecule has 1 saturated heterocycles. The molecule has 0 saturated carbocycles. The second-order valence-electron chi connectivity index (χ2n) is 5.31. The topological polar surface area (TPSA) is 106 Å². The standard InChI is InChI=1S/C11H14BrFN2O4S2/c1-11(2-3-20(16,17)6-11)15-21(18,19)10-5-9(14)8(13)4-7(10)12/h4-5,15H,2-3,6,14H2,1H3. The molecule has 0 aromatic heterocycles. The molecule has 1 atom stereocenters. The summed E-state index contributed by atoms with van der Waals surface area (Å²) in [6.07, 6.45) is 0.183. The second-order valence-corrected chi connectivity index (χ2v) is 10.0. The van der Waals surface area contributed by atoms with E-state index in [0.717, 1.165) is 12.1 Å². The van der Waals surface area contributed by atoms with Crippen molar-refractivity contribution in [1.29, 1.82) is 0 Å². The smallest absolute Gasteiger partial charge is 0.242 e. The molecule has 1 unspecified atom stereocenters. The maximum Gasteiger partial charge on any atom is 0.242 e. The van der Waals surface area contributed by atoms with Crippen molar-refractivity contribution < 1.29 is 21.2 Å². The molecule has 1 aliphatic rings. The van der Waals surface area contributed by atoms with Crippen LogP contribution in [0.2, 0.25) is 0 Å². The van der Waals surface area contributed by atoms with Crippen LogP contribution in [0.15, 0.2) is 21.5 Å². The van der Waals surface area contributed by atoms with Gasteiger partial charge in [-0.05, 0) is 41.4 Å². The van der Waals surface area contributed by atoms with Gasteiger partial charge in [-0.25, -0.2) is 25.9 Å². The summed E-state index contributed by atoms with van der Waals surface area (Å²) >= 11 is 2.97. The zero-order chi connectivity index (χ0) is 16.1. The maximum atomic E-state index is 13.3. The monoisotopic (exact) mass is 400 g/mol. The molecular weight excluding hydrogens is 387 g/mol. The molecule has 3 N–H and O–H groups in total. The number of halogens is 2. The Bertz CT molecular complexity index is 795. The number of hydrogen-bond donors (Lipinski definition) is 2. The predicted molar refractivity (Wildman–Crippen MR) is 80.5 cm³/mol. The van der Waals surface area contributed by atoms with Crippen molar-refractivity contribution in [2.45, 2.75) is 23.8 Å². The highest BCUT2D eigenvalue weighted by molar-refractivity contribution is 9.10. The second kappa shape index (κ2) is 5.18. The summed E-state index contributed by atoms with van der Waals surface area (Å²) in [5, 5.41) is 0. The van der Waals surface area contributed by atoms with Crippen molar-refractivity contribution in [2.24, 2.45) is 0 Å². The number of sulfonamides is 1. The quantitative estimate of drug-likeness (QED) is 0.736. The molecule has 21 heavy (non-hydrogen) atoms. The number of benzene rings is 1. The number of sulfone groups is 1. The van der Waals surface area contributed by atoms with Crippen LogP contribution in [0.3, 0.4) is 0 Å². The molecule has 1 heterocycles. The van der Waals surface area contributed by atoms with E-state index in [0.29, 0.717) is 0 Å². The minimum Gasteiger partial charge on any atom is -0.396 e. The third kappa shape index (κ3) is 3.55. The summed E-state index contributed by atoms with van der Waals surface area (Å²) in [5.41, 5.74) is 4.00. The lowest BCUT2D eigenvalue weighted by Gasteiger charge is -2.24. The Morgan fingerprint density at radius 3 is 2.57 bits per heavy atom. The first-order valence-corrected chi connectivity index (χ1v) is 10.0. The van der Waals surface area contributed by atoms with E-state index in [1.54, 1.807) is 0 Å². The van der Waals surface area contributed by atoms with Crippen LogP contribution in [0, 0.1) is 5.82 Å². The van der Waals surface area contributed by atoms with Gasteiger partial charge in [-0.2, -0.15) is 0 Å². The van der Waals surface area contributed by atoms with Gasteiger partial charge in [0.1, 0.15) is 5.82 Å². The number of rotatable bonds is 3. The summed E-state index contributed by atoms with van der Waals surface area (Å²) in [7, 11) is -7.29. The molecule has 10 heteroatoms. The SMILES string of the molecule is CC1(NS(=O)(=O)c2cc(N)c(F)cc2Br)CCS(=O)(=O)C1. The average molecular weight is 401 g/mol. The van der Waals surface area contributed by atoms with Crippen LogP contribution in [0.5, 0.6) is 0 Å². The van der Waals surface area contributed by atoms with E-state index in [-0.39, 0.29) is 33.0 Å². The Kier molecular flexibility index (Phi) is 4.11. The van der Waals surface area contributed by atoms with Gasteiger partial charge in [0.15, 0.2) is 9.84 Å². The van der Waals surface area contributed by atoms with Crippen LogP contribution < -0.4 is 10.5 Å². The molecule has 1 fully saturated rings. The number of nitrogen functional groups attached to an aromatic ring is 1. The van der Waals surface area contributed by atoms with E-state index in [9.17, 15) is 21.2 Å². The molecule has 0 bridgehead atoms. The Morgan fingerprint density at radius 1 is 1.43 bits per heavy atom. The summed E-state index contributed by atoms with van der Waals surface area (Å²) in [6.45, 7) is 1.52. The summed E-state index contributed by atoms with van der Waals surface area (Å²) < 4.78 is 63.5. The third-order valence-corrected chi connectivity index (χ3v) is 7.72. The van der Waals surface area contributed by atoms with Crippen molar-refractivity contribution in [3.05, 3.63) is 22.4 Å². The average Bonchev–Trinajstić information content (AvgIpc) is 2.56. The molecule has 0 radical (unpaired) electrons. The van der Waals surface area contributed by atoms with Gasteiger partial charge in [0.25, 0.3) is 0 Å².